The Balaban J connectivity index is 0.00000289. The van der Waals surface area contributed by atoms with Crippen LogP contribution in [0.3, 0.4) is 0 Å². The number of nitrogens with two attached hydrogens (primary N) is 1. The molecular formula is C10H8Br3NNaO3+. The van der Waals surface area contributed by atoms with Crippen LogP contribution in [-0.2, 0) is 11.2 Å². The van der Waals surface area contributed by atoms with Gasteiger partial charge in [0, 0.05) is 19.8 Å². The van der Waals surface area contributed by atoms with Gasteiger partial charge in [-0.05, 0) is 49.9 Å². The van der Waals surface area contributed by atoms with Crippen LogP contribution in [0.15, 0.2) is 19.5 Å². The van der Waals surface area contributed by atoms with E-state index in [0.29, 0.717) is 26.5 Å². The van der Waals surface area contributed by atoms with E-state index in [0.717, 1.165) is 4.47 Å². The van der Waals surface area contributed by atoms with Crippen LogP contribution in [0.25, 0.3) is 0 Å². The Morgan fingerprint density at radius 2 is 1.78 bits per heavy atom. The van der Waals surface area contributed by atoms with Crippen LogP contribution in [-0.4, -0.2) is 17.0 Å². The third-order valence-corrected chi connectivity index (χ3v) is 4.31. The van der Waals surface area contributed by atoms with Crippen LogP contribution in [0, 0.1) is 0 Å². The fraction of sp³-hybridized carbons (Fsp3) is 0.200. The number of benzene rings is 1. The Morgan fingerprint density at radius 1 is 1.22 bits per heavy atom. The van der Waals surface area contributed by atoms with E-state index in [1.54, 1.807) is 6.07 Å². The van der Waals surface area contributed by atoms with E-state index in [4.69, 9.17) is 10.8 Å². The summed E-state index contributed by atoms with van der Waals surface area (Å²) in [5, 5.41) is 8.66. The van der Waals surface area contributed by atoms with E-state index in [2.05, 4.69) is 47.8 Å². The fourth-order valence-corrected chi connectivity index (χ4v) is 4.23. The van der Waals surface area contributed by atoms with Gasteiger partial charge in [0.1, 0.15) is 0 Å². The molecule has 0 aromatic heterocycles. The van der Waals surface area contributed by atoms with E-state index >= 15 is 0 Å². The molecule has 0 radical (unpaired) electrons. The topological polar surface area (TPSA) is 80.4 Å². The predicted octanol–water partition coefficient (Wildman–Crippen LogP) is 0.0942. The second kappa shape index (κ2) is 8.01. The summed E-state index contributed by atoms with van der Waals surface area (Å²) in [7, 11) is 0. The quantitative estimate of drug-likeness (QED) is 0.636. The summed E-state index contributed by atoms with van der Waals surface area (Å²) in [4.78, 5) is 21.8. The Kier molecular flexibility index (Phi) is 8.28. The average Bonchev–Trinajstić information content (AvgIpc) is 2.14. The molecule has 0 atom stereocenters. The number of hydrogen-bond acceptors (Lipinski definition) is 2. The zero-order valence-electron chi connectivity index (χ0n) is 9.47. The van der Waals surface area contributed by atoms with Gasteiger partial charge in [-0.25, -0.2) is 0 Å². The summed E-state index contributed by atoms with van der Waals surface area (Å²) < 4.78 is 1.80. The van der Waals surface area contributed by atoms with Gasteiger partial charge in [0.15, 0.2) is 0 Å². The van der Waals surface area contributed by atoms with Gasteiger partial charge in [-0.2, -0.15) is 0 Å². The molecule has 1 amide bonds. The van der Waals surface area contributed by atoms with Gasteiger partial charge < -0.3 is 10.8 Å². The molecule has 8 heteroatoms. The van der Waals surface area contributed by atoms with Crippen LogP contribution in [0.2, 0.25) is 0 Å². The number of carboxylic acid groups (broad SMARTS) is 1. The van der Waals surface area contributed by atoms with Crippen LogP contribution >= 0.6 is 47.8 Å². The number of carbonyl (C=O) groups is 2. The summed E-state index contributed by atoms with van der Waals surface area (Å²) >= 11 is 9.84. The van der Waals surface area contributed by atoms with E-state index in [9.17, 15) is 9.59 Å². The van der Waals surface area contributed by atoms with Crippen molar-refractivity contribution in [2.45, 2.75) is 12.8 Å². The summed E-state index contributed by atoms with van der Waals surface area (Å²) in [6, 6.07) is 1.68. The molecule has 0 aliphatic heterocycles. The number of hydrogen-bond donors (Lipinski definition) is 2. The van der Waals surface area contributed by atoms with Crippen molar-refractivity contribution >= 4 is 59.7 Å². The normalized spacial score (nSPS) is 9.72. The van der Waals surface area contributed by atoms with Crippen molar-refractivity contribution in [2.75, 3.05) is 0 Å². The minimum atomic E-state index is -0.896. The molecule has 18 heavy (non-hydrogen) atoms. The molecule has 92 valence electrons. The minimum Gasteiger partial charge on any atom is -0.481 e. The van der Waals surface area contributed by atoms with Crippen LogP contribution < -0.4 is 35.3 Å². The van der Waals surface area contributed by atoms with Gasteiger partial charge in [0.05, 0.1) is 5.56 Å². The van der Waals surface area contributed by atoms with E-state index in [1.165, 1.54) is 0 Å². The van der Waals surface area contributed by atoms with Crippen molar-refractivity contribution in [1.82, 2.24) is 0 Å². The molecule has 0 unspecified atom stereocenters. The number of primary amides is 1. The average molecular weight is 453 g/mol. The molecule has 0 spiro atoms. The molecule has 0 aliphatic rings. The van der Waals surface area contributed by atoms with Crippen molar-refractivity contribution in [3.63, 3.8) is 0 Å². The third-order valence-electron chi connectivity index (χ3n) is 2.10. The van der Waals surface area contributed by atoms with E-state index in [1.807, 2.05) is 0 Å². The summed E-state index contributed by atoms with van der Waals surface area (Å²) in [5.41, 5.74) is 6.29. The largest absolute Gasteiger partial charge is 1.00 e. The van der Waals surface area contributed by atoms with Gasteiger partial charge in [-0.3, -0.25) is 9.59 Å². The van der Waals surface area contributed by atoms with E-state index < -0.39 is 11.9 Å². The van der Waals surface area contributed by atoms with Crippen LogP contribution in [0.4, 0.5) is 0 Å². The van der Waals surface area contributed by atoms with Gasteiger partial charge in [0.25, 0.3) is 5.91 Å². The van der Waals surface area contributed by atoms with Gasteiger partial charge in [-0.1, -0.05) is 15.9 Å². The second-order valence-electron chi connectivity index (χ2n) is 3.27. The molecule has 1 aromatic rings. The molecule has 3 N–H and O–H groups in total. The van der Waals surface area contributed by atoms with E-state index in [-0.39, 0.29) is 36.0 Å². The zero-order valence-corrected chi connectivity index (χ0v) is 16.2. The minimum absolute atomic E-state index is 0. The second-order valence-corrected chi connectivity index (χ2v) is 5.77. The Labute approximate surface area is 151 Å². The fourth-order valence-electron chi connectivity index (χ4n) is 1.32. The summed E-state index contributed by atoms with van der Waals surface area (Å²) in [6.45, 7) is 0. The first-order chi connectivity index (χ1) is 7.84. The number of halogens is 3. The molecule has 0 bridgehead atoms. The molecule has 1 rings (SSSR count). The smallest absolute Gasteiger partial charge is 0.481 e. The van der Waals surface area contributed by atoms with Crippen molar-refractivity contribution < 1.29 is 44.3 Å². The Bertz CT molecular complexity index is 494. The summed E-state index contributed by atoms with van der Waals surface area (Å²) in [6.07, 6.45) is 0.293. The number of amides is 1. The van der Waals surface area contributed by atoms with Gasteiger partial charge in [0.2, 0.25) is 0 Å². The number of carboxylic acids is 1. The maximum atomic E-state index is 11.3. The van der Waals surface area contributed by atoms with Crippen LogP contribution in [0.5, 0.6) is 0 Å². The molecule has 4 nitrogen and oxygen atoms in total. The first kappa shape index (κ1) is 18.6. The zero-order chi connectivity index (χ0) is 13.2. The standard InChI is InChI=1S/C10H8Br3NO3.Na/c11-5-3-6(12)8(10(14)17)9(13)4(5)1-2-7(15)16;/h3H,1-2H2,(H2,14,17)(H,15,16);/q;+1. The van der Waals surface area contributed by atoms with Gasteiger partial charge >= 0.3 is 35.5 Å². The molecule has 1 aromatic carbocycles. The predicted molar refractivity (Wildman–Crippen MR) is 74.0 cm³/mol. The summed E-state index contributed by atoms with van der Waals surface area (Å²) in [5.74, 6) is -1.47. The number of carbonyl (C=O) groups excluding carboxylic acids is 1. The molecule has 0 aliphatic carbocycles. The molecular weight excluding hydrogens is 445 g/mol. The van der Waals surface area contributed by atoms with Crippen molar-refractivity contribution in [3.8, 4) is 0 Å². The maximum absolute atomic E-state index is 11.3. The molecule has 0 saturated carbocycles. The van der Waals surface area contributed by atoms with Crippen molar-refractivity contribution in [3.05, 3.63) is 30.6 Å². The molecule has 0 saturated heterocycles. The SMILES string of the molecule is NC(=O)c1c(Br)cc(Br)c(CCC(=O)O)c1Br.[Na+]. The first-order valence-corrected chi connectivity index (χ1v) is 6.90. The molecule has 0 heterocycles. The van der Waals surface area contributed by atoms with Crippen LogP contribution in [0.1, 0.15) is 22.3 Å². The number of aliphatic carboxylic acids is 1. The van der Waals surface area contributed by atoms with Crippen molar-refractivity contribution in [1.29, 1.82) is 0 Å². The monoisotopic (exact) mass is 450 g/mol. The Hall–Kier alpha value is 0.600. The van der Waals surface area contributed by atoms with Gasteiger partial charge in [-0.15, -0.1) is 0 Å². The Morgan fingerprint density at radius 3 is 2.22 bits per heavy atom. The van der Waals surface area contributed by atoms with Crippen molar-refractivity contribution in [2.24, 2.45) is 5.73 Å². The number of rotatable bonds is 4. The third kappa shape index (κ3) is 4.61. The molecule has 0 fully saturated rings. The first-order valence-electron chi connectivity index (χ1n) is 4.52. The maximum Gasteiger partial charge on any atom is 1.00 e.